The van der Waals surface area contributed by atoms with E-state index in [9.17, 15) is 9.59 Å². The summed E-state index contributed by atoms with van der Waals surface area (Å²) in [5.74, 6) is 0.0270. The molecule has 30 heavy (non-hydrogen) atoms. The molecule has 4 rings (SSSR count). The summed E-state index contributed by atoms with van der Waals surface area (Å²) in [6.45, 7) is 3.46. The lowest BCUT2D eigenvalue weighted by Crippen LogP contribution is -2.30. The van der Waals surface area contributed by atoms with Crippen LogP contribution in [-0.2, 0) is 0 Å². The molecule has 0 atom stereocenters. The summed E-state index contributed by atoms with van der Waals surface area (Å²) in [6, 6.07) is 9.96. The van der Waals surface area contributed by atoms with E-state index in [4.69, 9.17) is 23.2 Å². The highest BCUT2D eigenvalue weighted by molar-refractivity contribution is 6.36. The second-order valence-electron chi connectivity index (χ2n) is 7.63. The Morgan fingerprint density at radius 2 is 1.53 bits per heavy atom. The first-order chi connectivity index (χ1) is 14.5. The molecule has 2 aliphatic rings. The van der Waals surface area contributed by atoms with E-state index in [1.165, 1.54) is 0 Å². The molecule has 2 aromatic carbocycles. The Labute approximate surface area is 186 Å². The lowest BCUT2D eigenvalue weighted by Gasteiger charge is -2.24. The monoisotopic (exact) mass is 446 g/mol. The van der Waals surface area contributed by atoms with Crippen molar-refractivity contribution < 1.29 is 9.59 Å². The molecule has 0 aliphatic carbocycles. The largest absolute Gasteiger partial charge is 0.371 e. The van der Waals surface area contributed by atoms with Gasteiger partial charge in [0.1, 0.15) is 0 Å². The Morgan fingerprint density at radius 1 is 0.833 bits per heavy atom. The molecule has 6 nitrogen and oxygen atoms in total. The molecule has 0 bridgehead atoms. The molecule has 2 N–H and O–H groups in total. The number of amides is 3. The van der Waals surface area contributed by atoms with Crippen LogP contribution in [0.5, 0.6) is 0 Å². The number of carbonyl (C=O) groups excluding carboxylic acids is 2. The Kier molecular flexibility index (Phi) is 6.35. The van der Waals surface area contributed by atoms with Crippen LogP contribution in [0, 0.1) is 0 Å². The van der Waals surface area contributed by atoms with Crippen molar-refractivity contribution in [3.8, 4) is 0 Å². The van der Waals surface area contributed by atoms with Gasteiger partial charge in [-0.05, 0) is 62.1 Å². The molecule has 158 valence electrons. The highest BCUT2D eigenvalue weighted by Gasteiger charge is 2.25. The number of nitrogens with zero attached hydrogens (tertiary/aromatic N) is 2. The molecular formula is C22H24Cl2N4O2. The maximum absolute atomic E-state index is 13.2. The molecule has 3 amide bonds. The van der Waals surface area contributed by atoms with E-state index in [2.05, 4.69) is 15.5 Å². The van der Waals surface area contributed by atoms with Gasteiger partial charge in [0.2, 0.25) is 0 Å². The normalized spacial score (nSPS) is 16.1. The molecule has 8 heteroatoms. The van der Waals surface area contributed by atoms with Crippen LogP contribution in [-0.4, -0.2) is 43.0 Å². The third kappa shape index (κ3) is 4.65. The minimum atomic E-state index is -0.437. The van der Waals surface area contributed by atoms with Crippen molar-refractivity contribution in [1.82, 2.24) is 4.90 Å². The van der Waals surface area contributed by atoms with Gasteiger partial charge < -0.3 is 20.4 Å². The van der Waals surface area contributed by atoms with Crippen LogP contribution in [0.2, 0.25) is 10.0 Å². The molecule has 2 aliphatic heterocycles. The van der Waals surface area contributed by atoms with Gasteiger partial charge >= 0.3 is 6.03 Å². The lowest BCUT2D eigenvalue weighted by molar-refractivity contribution is 0.0793. The van der Waals surface area contributed by atoms with Gasteiger partial charge in [-0.3, -0.25) is 4.79 Å². The third-order valence-electron chi connectivity index (χ3n) is 5.50. The number of hydrogen-bond acceptors (Lipinski definition) is 3. The van der Waals surface area contributed by atoms with E-state index in [1.807, 2.05) is 17.0 Å². The van der Waals surface area contributed by atoms with Crippen LogP contribution in [0.1, 0.15) is 36.0 Å². The summed E-state index contributed by atoms with van der Waals surface area (Å²) in [5, 5.41) is 6.37. The van der Waals surface area contributed by atoms with Gasteiger partial charge in [-0.1, -0.05) is 23.2 Å². The van der Waals surface area contributed by atoms with Gasteiger partial charge in [0.25, 0.3) is 5.91 Å². The van der Waals surface area contributed by atoms with E-state index in [0.717, 1.165) is 57.5 Å². The van der Waals surface area contributed by atoms with E-state index in [0.29, 0.717) is 27.0 Å². The highest BCUT2D eigenvalue weighted by Crippen LogP contribution is 2.30. The number of nitrogens with one attached hydrogen (secondary N) is 2. The van der Waals surface area contributed by atoms with E-state index < -0.39 is 6.03 Å². The number of anilines is 3. The second kappa shape index (κ2) is 9.14. The minimum absolute atomic E-state index is 0.0270. The maximum atomic E-state index is 13.2. The Balaban J connectivity index is 1.54. The summed E-state index contributed by atoms with van der Waals surface area (Å²) in [5.41, 5.74) is 2.60. The number of rotatable bonds is 4. The van der Waals surface area contributed by atoms with Gasteiger partial charge in [0.05, 0.1) is 16.3 Å². The average molecular weight is 447 g/mol. The van der Waals surface area contributed by atoms with Gasteiger partial charge in [-0.25, -0.2) is 4.79 Å². The van der Waals surface area contributed by atoms with E-state index in [1.54, 1.807) is 24.3 Å². The lowest BCUT2D eigenvalue weighted by atomic mass is 10.1. The molecule has 2 heterocycles. The van der Waals surface area contributed by atoms with Crippen molar-refractivity contribution >= 4 is 52.2 Å². The number of halogens is 2. The van der Waals surface area contributed by atoms with Crippen LogP contribution >= 0.6 is 23.2 Å². The average Bonchev–Trinajstić information content (AvgIpc) is 3.44. The van der Waals surface area contributed by atoms with Crippen LogP contribution < -0.4 is 15.5 Å². The smallest absolute Gasteiger partial charge is 0.323 e. The third-order valence-corrected chi connectivity index (χ3v) is 6.05. The zero-order valence-electron chi connectivity index (χ0n) is 16.6. The van der Waals surface area contributed by atoms with Crippen molar-refractivity contribution in [3.63, 3.8) is 0 Å². The second-order valence-corrected chi connectivity index (χ2v) is 8.47. The zero-order chi connectivity index (χ0) is 21.1. The minimum Gasteiger partial charge on any atom is -0.371 e. The van der Waals surface area contributed by atoms with Crippen molar-refractivity contribution in [2.45, 2.75) is 25.7 Å². The van der Waals surface area contributed by atoms with Gasteiger partial charge in [0.15, 0.2) is 0 Å². The molecule has 2 aromatic rings. The first-order valence-electron chi connectivity index (χ1n) is 10.2. The van der Waals surface area contributed by atoms with Crippen LogP contribution in [0.3, 0.4) is 0 Å². The molecule has 0 unspecified atom stereocenters. The topological polar surface area (TPSA) is 64.7 Å². The number of benzene rings is 2. The first kappa shape index (κ1) is 20.8. The van der Waals surface area contributed by atoms with Crippen molar-refractivity contribution in [2.75, 3.05) is 41.7 Å². The summed E-state index contributed by atoms with van der Waals surface area (Å²) < 4.78 is 0. The quantitative estimate of drug-likeness (QED) is 0.653. The highest BCUT2D eigenvalue weighted by atomic mass is 35.5. The van der Waals surface area contributed by atoms with Gasteiger partial charge in [0, 0.05) is 42.6 Å². The fraction of sp³-hybridized carbons (Fsp3) is 0.364. The first-order valence-corrected chi connectivity index (χ1v) is 11.0. The Hall–Kier alpha value is -2.44. The van der Waals surface area contributed by atoms with E-state index in [-0.39, 0.29) is 5.91 Å². The SMILES string of the molecule is O=C(Nc1ccc(N2CCCC2)c(C(=O)N2CCCC2)c1)Nc1ccc(Cl)cc1Cl. The molecule has 2 saturated heterocycles. The predicted molar refractivity (Wildman–Crippen MR) is 122 cm³/mol. The molecule has 0 saturated carbocycles. The summed E-state index contributed by atoms with van der Waals surface area (Å²) >= 11 is 12.0. The Bertz CT molecular complexity index is 954. The fourth-order valence-corrected chi connectivity index (χ4v) is 4.44. The zero-order valence-corrected chi connectivity index (χ0v) is 18.1. The molecule has 0 spiro atoms. The van der Waals surface area contributed by atoms with Gasteiger partial charge in [-0.15, -0.1) is 0 Å². The van der Waals surface area contributed by atoms with Crippen molar-refractivity contribution in [1.29, 1.82) is 0 Å². The number of carbonyl (C=O) groups is 2. The van der Waals surface area contributed by atoms with Gasteiger partial charge in [-0.2, -0.15) is 0 Å². The van der Waals surface area contributed by atoms with Crippen molar-refractivity contribution in [3.05, 3.63) is 52.0 Å². The number of urea groups is 1. The van der Waals surface area contributed by atoms with Crippen LogP contribution in [0.25, 0.3) is 0 Å². The number of likely N-dealkylation sites (tertiary alicyclic amines) is 1. The Morgan fingerprint density at radius 3 is 2.23 bits per heavy atom. The summed E-state index contributed by atoms with van der Waals surface area (Å²) in [4.78, 5) is 29.8. The predicted octanol–water partition coefficient (Wildman–Crippen LogP) is 5.47. The standard InChI is InChI=1S/C22H24Cl2N4O2/c23-15-5-7-19(18(24)13-15)26-22(30)25-16-6-8-20(27-9-1-2-10-27)17(14-16)21(29)28-11-3-4-12-28/h5-8,13-14H,1-4,9-12H2,(H2,25,26,30). The summed E-state index contributed by atoms with van der Waals surface area (Å²) in [6.07, 6.45) is 4.32. The molecular weight excluding hydrogens is 423 g/mol. The maximum Gasteiger partial charge on any atom is 0.323 e. The molecule has 0 aromatic heterocycles. The molecule has 0 radical (unpaired) electrons. The van der Waals surface area contributed by atoms with Crippen LogP contribution in [0.4, 0.5) is 21.9 Å². The molecule has 2 fully saturated rings. The van der Waals surface area contributed by atoms with Crippen molar-refractivity contribution in [2.24, 2.45) is 0 Å². The van der Waals surface area contributed by atoms with Crippen LogP contribution in [0.15, 0.2) is 36.4 Å². The van der Waals surface area contributed by atoms with E-state index >= 15 is 0 Å². The summed E-state index contributed by atoms with van der Waals surface area (Å²) in [7, 11) is 0. The fourth-order valence-electron chi connectivity index (χ4n) is 3.98. The number of hydrogen-bond donors (Lipinski definition) is 2.